The summed E-state index contributed by atoms with van der Waals surface area (Å²) in [4.78, 5) is 28.5. The first kappa shape index (κ1) is 20.5. The number of amides is 2. The van der Waals surface area contributed by atoms with E-state index >= 15 is 0 Å². The van der Waals surface area contributed by atoms with E-state index in [1.54, 1.807) is 4.90 Å². The fourth-order valence-electron chi connectivity index (χ4n) is 4.33. The molecule has 154 valence electrons. The van der Waals surface area contributed by atoms with Gasteiger partial charge >= 0.3 is 12.2 Å². The lowest BCUT2D eigenvalue weighted by atomic mass is 9.64. The van der Waals surface area contributed by atoms with Crippen LogP contribution >= 0.6 is 0 Å². The number of hydrogen-bond donors (Lipinski definition) is 0. The van der Waals surface area contributed by atoms with Crippen LogP contribution in [-0.2, 0) is 16.1 Å². The summed E-state index contributed by atoms with van der Waals surface area (Å²) < 4.78 is 11.0. The average molecular weight is 389 g/mol. The second-order valence-corrected chi connectivity index (χ2v) is 9.18. The summed E-state index contributed by atoms with van der Waals surface area (Å²) in [5, 5.41) is 0. The molecule has 2 aliphatic heterocycles. The van der Waals surface area contributed by atoms with Gasteiger partial charge < -0.3 is 19.3 Å². The van der Waals surface area contributed by atoms with E-state index in [2.05, 4.69) is 13.8 Å². The molecule has 28 heavy (non-hydrogen) atoms. The van der Waals surface area contributed by atoms with E-state index in [1.807, 2.05) is 56.0 Å². The summed E-state index contributed by atoms with van der Waals surface area (Å²) in [6.07, 6.45) is 1.24. The van der Waals surface area contributed by atoms with Crippen molar-refractivity contribution in [3.63, 3.8) is 0 Å². The van der Waals surface area contributed by atoms with Gasteiger partial charge in [0.05, 0.1) is 0 Å². The van der Waals surface area contributed by atoms with E-state index in [0.717, 1.165) is 18.4 Å². The van der Waals surface area contributed by atoms with Crippen LogP contribution in [0.25, 0.3) is 0 Å². The van der Waals surface area contributed by atoms with Crippen LogP contribution in [0.4, 0.5) is 9.59 Å². The van der Waals surface area contributed by atoms with Crippen LogP contribution in [0.1, 0.15) is 53.0 Å². The van der Waals surface area contributed by atoms with Gasteiger partial charge in [-0.2, -0.15) is 0 Å². The molecule has 2 heterocycles. The Morgan fingerprint density at radius 1 is 1.11 bits per heavy atom. The van der Waals surface area contributed by atoms with Crippen LogP contribution < -0.4 is 0 Å². The maximum absolute atomic E-state index is 12.5. The molecule has 6 nitrogen and oxygen atoms in total. The smallest absolute Gasteiger partial charge is 0.410 e. The molecule has 1 aromatic rings. The molecule has 1 spiro atoms. The topological polar surface area (TPSA) is 59.1 Å². The number of benzene rings is 1. The molecular weight excluding hydrogens is 356 g/mol. The molecule has 0 radical (unpaired) electrons. The number of nitrogens with zero attached hydrogens (tertiary/aromatic N) is 2. The van der Waals surface area contributed by atoms with E-state index in [1.165, 1.54) is 0 Å². The number of ether oxygens (including phenoxy) is 2. The van der Waals surface area contributed by atoms with Gasteiger partial charge in [-0.1, -0.05) is 30.3 Å². The second-order valence-electron chi connectivity index (χ2n) is 9.18. The van der Waals surface area contributed by atoms with Crippen LogP contribution in [0.15, 0.2) is 30.3 Å². The van der Waals surface area contributed by atoms with Crippen molar-refractivity contribution in [1.82, 2.24) is 9.80 Å². The molecule has 0 aliphatic carbocycles. The van der Waals surface area contributed by atoms with Crippen LogP contribution in [0.5, 0.6) is 0 Å². The van der Waals surface area contributed by atoms with Gasteiger partial charge in [0.15, 0.2) is 0 Å². The highest BCUT2D eigenvalue weighted by Gasteiger charge is 2.55. The standard InChI is InChI=1S/C22H32N2O4/c1-16-13-22(11-12-23(16)20(26)28-21(3,4)5)15-24(17(22)2)19(25)27-14-18-9-7-6-8-10-18/h6-10,16-17H,11-15H2,1-5H3/t16-,17?,22?/m0/s1. The number of hydrogen-bond acceptors (Lipinski definition) is 4. The molecule has 3 atom stereocenters. The molecule has 3 rings (SSSR count). The van der Waals surface area contributed by atoms with Crippen molar-refractivity contribution < 1.29 is 19.1 Å². The van der Waals surface area contributed by atoms with Gasteiger partial charge in [0.1, 0.15) is 12.2 Å². The minimum Gasteiger partial charge on any atom is -0.445 e. The third-order valence-electron chi connectivity index (χ3n) is 5.99. The molecule has 2 aliphatic rings. The fraction of sp³-hybridized carbons (Fsp3) is 0.636. The Labute approximate surface area is 167 Å². The van der Waals surface area contributed by atoms with Gasteiger partial charge in [-0.15, -0.1) is 0 Å². The van der Waals surface area contributed by atoms with Gasteiger partial charge in [-0.3, -0.25) is 0 Å². The van der Waals surface area contributed by atoms with E-state index in [0.29, 0.717) is 19.7 Å². The Morgan fingerprint density at radius 2 is 1.79 bits per heavy atom. The normalized spacial score (nSPS) is 27.3. The molecule has 0 aromatic heterocycles. The Bertz CT molecular complexity index is 715. The summed E-state index contributed by atoms with van der Waals surface area (Å²) in [7, 11) is 0. The Balaban J connectivity index is 1.52. The lowest BCUT2D eigenvalue weighted by Gasteiger charge is -2.59. The summed E-state index contributed by atoms with van der Waals surface area (Å²) in [6.45, 7) is 11.4. The van der Waals surface area contributed by atoms with Crippen LogP contribution in [0.2, 0.25) is 0 Å². The lowest BCUT2D eigenvalue weighted by molar-refractivity contribution is -0.102. The van der Waals surface area contributed by atoms with E-state index in [-0.39, 0.29) is 29.7 Å². The molecular formula is C22H32N2O4. The molecule has 1 aromatic carbocycles. The quantitative estimate of drug-likeness (QED) is 0.752. The molecule has 6 heteroatoms. The monoisotopic (exact) mass is 388 g/mol. The summed E-state index contributed by atoms with van der Waals surface area (Å²) in [5.41, 5.74) is 0.552. The number of piperidine rings is 1. The summed E-state index contributed by atoms with van der Waals surface area (Å²) >= 11 is 0. The highest BCUT2D eigenvalue weighted by Crippen LogP contribution is 2.48. The summed E-state index contributed by atoms with van der Waals surface area (Å²) in [6, 6.07) is 9.91. The maximum atomic E-state index is 12.5. The highest BCUT2D eigenvalue weighted by atomic mass is 16.6. The van der Waals surface area contributed by atoms with Crippen molar-refractivity contribution >= 4 is 12.2 Å². The Kier molecular flexibility index (Phi) is 5.60. The van der Waals surface area contributed by atoms with Crippen molar-refractivity contribution in [2.75, 3.05) is 13.1 Å². The molecule has 2 fully saturated rings. The third kappa shape index (κ3) is 4.26. The average Bonchev–Trinajstić information content (AvgIpc) is 2.63. The van der Waals surface area contributed by atoms with Gasteiger partial charge in [0.2, 0.25) is 0 Å². The largest absolute Gasteiger partial charge is 0.445 e. The Morgan fingerprint density at radius 3 is 2.36 bits per heavy atom. The minimum absolute atomic E-state index is 0.0592. The van der Waals surface area contributed by atoms with Gasteiger partial charge in [-0.05, 0) is 53.0 Å². The van der Waals surface area contributed by atoms with Crippen molar-refractivity contribution in [2.24, 2.45) is 5.41 Å². The van der Waals surface area contributed by atoms with Crippen LogP contribution in [0, 0.1) is 5.41 Å². The van der Waals surface area contributed by atoms with Gasteiger partial charge in [-0.25, -0.2) is 9.59 Å². The van der Waals surface area contributed by atoms with Crippen molar-refractivity contribution in [3.05, 3.63) is 35.9 Å². The van der Waals surface area contributed by atoms with E-state index in [4.69, 9.17) is 9.47 Å². The fourth-order valence-corrected chi connectivity index (χ4v) is 4.33. The third-order valence-corrected chi connectivity index (χ3v) is 5.99. The Hall–Kier alpha value is -2.24. The zero-order valence-electron chi connectivity index (χ0n) is 17.6. The lowest BCUT2D eigenvalue weighted by Crippen LogP contribution is -2.69. The number of carbonyl (C=O) groups excluding carboxylic acids is 2. The van der Waals surface area contributed by atoms with Gasteiger partial charge in [0, 0.05) is 30.6 Å². The van der Waals surface area contributed by atoms with Crippen molar-refractivity contribution in [2.45, 2.75) is 71.8 Å². The first-order valence-electron chi connectivity index (χ1n) is 10.1. The predicted octanol–water partition coefficient (Wildman–Crippen LogP) is 4.43. The number of rotatable bonds is 2. The molecule has 2 saturated heterocycles. The molecule has 0 saturated carbocycles. The molecule has 0 bridgehead atoms. The zero-order valence-corrected chi connectivity index (χ0v) is 17.6. The number of likely N-dealkylation sites (tertiary alicyclic amines) is 2. The van der Waals surface area contributed by atoms with Gasteiger partial charge in [0.25, 0.3) is 0 Å². The van der Waals surface area contributed by atoms with E-state index < -0.39 is 5.60 Å². The minimum atomic E-state index is -0.491. The van der Waals surface area contributed by atoms with E-state index in [9.17, 15) is 9.59 Å². The second kappa shape index (κ2) is 7.64. The first-order chi connectivity index (χ1) is 13.1. The van der Waals surface area contributed by atoms with Crippen LogP contribution in [-0.4, -0.2) is 52.8 Å². The van der Waals surface area contributed by atoms with Crippen molar-refractivity contribution in [1.29, 1.82) is 0 Å². The van der Waals surface area contributed by atoms with Crippen LogP contribution in [0.3, 0.4) is 0 Å². The highest BCUT2D eigenvalue weighted by molar-refractivity contribution is 5.70. The molecule has 2 amide bonds. The first-order valence-corrected chi connectivity index (χ1v) is 10.1. The SMILES string of the molecule is CC1N(C(=O)OCc2ccccc2)CC12CCN(C(=O)OC(C)(C)C)[C@@H](C)C2. The number of carbonyl (C=O) groups is 2. The maximum Gasteiger partial charge on any atom is 0.410 e. The zero-order chi connectivity index (χ0) is 20.5. The van der Waals surface area contributed by atoms with Crippen molar-refractivity contribution in [3.8, 4) is 0 Å². The summed E-state index contributed by atoms with van der Waals surface area (Å²) in [5.74, 6) is 0. The molecule has 0 N–H and O–H groups in total. The predicted molar refractivity (Wildman–Crippen MR) is 107 cm³/mol. The molecule has 2 unspecified atom stereocenters.